The van der Waals surface area contributed by atoms with E-state index in [4.69, 9.17) is 9.94 Å². The average Bonchev–Trinajstić information content (AvgIpc) is 3.45. The third kappa shape index (κ3) is 9.17. The van der Waals surface area contributed by atoms with Crippen molar-refractivity contribution in [2.24, 2.45) is 5.92 Å². The first-order chi connectivity index (χ1) is 19.6. The molecule has 1 aromatic rings. The van der Waals surface area contributed by atoms with Crippen molar-refractivity contribution in [1.29, 1.82) is 0 Å². The van der Waals surface area contributed by atoms with E-state index in [2.05, 4.69) is 16.0 Å². The molecule has 0 bridgehead atoms. The Morgan fingerprint density at radius 3 is 2.29 bits per heavy atom. The zero-order valence-electron chi connectivity index (χ0n) is 24.1. The number of carbonyl (C=O) groups excluding carboxylic acids is 5. The van der Waals surface area contributed by atoms with Crippen molar-refractivity contribution in [2.45, 2.75) is 95.8 Å². The number of unbranched alkanes of at least 4 members (excludes halogenated alkanes) is 2. The molecule has 12 nitrogen and oxygen atoms in total. The molecular formula is C29H43N5O7. The topological polar surface area (TPSA) is 166 Å². The maximum absolute atomic E-state index is 13.7. The molecule has 2 heterocycles. The van der Waals surface area contributed by atoms with Crippen LogP contribution in [0.1, 0.15) is 70.8 Å². The van der Waals surface area contributed by atoms with Gasteiger partial charge in [0, 0.05) is 19.4 Å². The third-order valence-electron chi connectivity index (χ3n) is 7.55. The Hall–Kier alpha value is -3.67. The summed E-state index contributed by atoms with van der Waals surface area (Å²) in [5, 5.41) is 17.2. The van der Waals surface area contributed by atoms with Gasteiger partial charge in [0.25, 0.3) is 0 Å². The highest BCUT2D eigenvalue weighted by atomic mass is 16.5. The smallest absolute Gasteiger partial charge is 0.245 e. The summed E-state index contributed by atoms with van der Waals surface area (Å²) in [6.45, 7) is 4.32. The number of rotatable bonds is 11. The molecule has 41 heavy (non-hydrogen) atoms. The van der Waals surface area contributed by atoms with Crippen LogP contribution in [-0.2, 0) is 30.4 Å². The number of carbonyl (C=O) groups is 5. The molecule has 0 unspecified atom stereocenters. The third-order valence-corrected chi connectivity index (χ3v) is 7.55. The number of ether oxygens (including phenoxy) is 1. The van der Waals surface area contributed by atoms with Gasteiger partial charge in [-0.05, 0) is 55.7 Å². The van der Waals surface area contributed by atoms with E-state index >= 15 is 0 Å². The Labute approximate surface area is 240 Å². The first-order valence-electron chi connectivity index (χ1n) is 14.4. The SMILES string of the molecule is COc1ccc(C[C@H]2NC(=O)[C@H](CCCCCC(=O)NO)NC(=O)[C@@H]3CCCN3C(=O)[C@H](CC(C)C)NC2=O)cc1. The first kappa shape index (κ1) is 31.9. The lowest BCUT2D eigenvalue weighted by Gasteiger charge is -2.33. The molecule has 5 amide bonds. The van der Waals surface area contributed by atoms with Crippen molar-refractivity contribution in [3.8, 4) is 5.75 Å². The van der Waals surface area contributed by atoms with E-state index in [0.29, 0.717) is 50.8 Å². The van der Waals surface area contributed by atoms with E-state index in [0.717, 1.165) is 5.56 Å². The Balaban J connectivity index is 1.86. The Bertz CT molecular complexity index is 1080. The van der Waals surface area contributed by atoms with Gasteiger partial charge < -0.3 is 25.6 Å². The summed E-state index contributed by atoms with van der Waals surface area (Å²) in [5.74, 6) is -1.37. The fourth-order valence-electron chi connectivity index (χ4n) is 5.35. The highest BCUT2D eigenvalue weighted by Gasteiger charge is 2.40. The molecule has 226 valence electrons. The molecule has 1 aromatic carbocycles. The van der Waals surface area contributed by atoms with Gasteiger partial charge in [0.2, 0.25) is 29.5 Å². The van der Waals surface area contributed by atoms with Crippen LogP contribution in [0.5, 0.6) is 5.75 Å². The predicted molar refractivity (Wildman–Crippen MR) is 150 cm³/mol. The molecular weight excluding hydrogens is 530 g/mol. The second-order valence-electron chi connectivity index (χ2n) is 11.2. The van der Waals surface area contributed by atoms with Gasteiger partial charge in [0.1, 0.15) is 29.9 Å². The van der Waals surface area contributed by atoms with Gasteiger partial charge in [-0.15, -0.1) is 0 Å². The zero-order valence-corrected chi connectivity index (χ0v) is 24.1. The normalized spacial score (nSPS) is 23.6. The number of methoxy groups -OCH3 is 1. The van der Waals surface area contributed by atoms with Gasteiger partial charge in [-0.3, -0.25) is 29.2 Å². The van der Waals surface area contributed by atoms with Crippen LogP contribution in [-0.4, -0.2) is 77.5 Å². The minimum Gasteiger partial charge on any atom is -0.497 e. The summed E-state index contributed by atoms with van der Waals surface area (Å²) < 4.78 is 5.22. The summed E-state index contributed by atoms with van der Waals surface area (Å²) in [7, 11) is 1.56. The van der Waals surface area contributed by atoms with Crippen LogP contribution in [0.3, 0.4) is 0 Å². The summed E-state index contributed by atoms with van der Waals surface area (Å²) >= 11 is 0. The second kappa shape index (κ2) is 15.4. The highest BCUT2D eigenvalue weighted by molar-refractivity contribution is 5.97. The average molecular weight is 574 g/mol. The molecule has 0 spiro atoms. The second-order valence-corrected chi connectivity index (χ2v) is 11.2. The Morgan fingerprint density at radius 1 is 0.976 bits per heavy atom. The molecule has 0 saturated carbocycles. The number of nitrogens with one attached hydrogen (secondary N) is 4. The van der Waals surface area contributed by atoms with Crippen molar-refractivity contribution in [1.82, 2.24) is 26.3 Å². The molecule has 0 aliphatic carbocycles. The van der Waals surface area contributed by atoms with Crippen LogP contribution in [0.2, 0.25) is 0 Å². The number of benzene rings is 1. The minimum absolute atomic E-state index is 0.106. The number of hydrogen-bond donors (Lipinski definition) is 5. The first-order valence-corrected chi connectivity index (χ1v) is 14.4. The fourth-order valence-corrected chi connectivity index (χ4v) is 5.35. The molecule has 2 saturated heterocycles. The van der Waals surface area contributed by atoms with Crippen molar-refractivity contribution >= 4 is 29.5 Å². The molecule has 2 aliphatic heterocycles. The van der Waals surface area contributed by atoms with Gasteiger partial charge >= 0.3 is 0 Å². The molecule has 12 heteroatoms. The largest absolute Gasteiger partial charge is 0.497 e. The van der Waals surface area contributed by atoms with E-state index in [1.807, 2.05) is 26.0 Å². The van der Waals surface area contributed by atoms with Gasteiger partial charge in [0.05, 0.1) is 7.11 Å². The summed E-state index contributed by atoms with van der Waals surface area (Å²) in [6, 6.07) is 3.70. The molecule has 3 rings (SSSR count). The number of nitrogens with zero attached hydrogens (tertiary/aromatic N) is 1. The number of amides is 5. The van der Waals surface area contributed by atoms with Crippen molar-refractivity contribution in [3.63, 3.8) is 0 Å². The molecule has 0 aromatic heterocycles. The lowest BCUT2D eigenvalue weighted by molar-refractivity contribution is -0.143. The predicted octanol–water partition coefficient (Wildman–Crippen LogP) is 1.20. The van der Waals surface area contributed by atoms with Crippen LogP contribution in [0.25, 0.3) is 0 Å². The molecule has 2 aliphatic rings. The van der Waals surface area contributed by atoms with Gasteiger partial charge in [-0.2, -0.15) is 0 Å². The maximum Gasteiger partial charge on any atom is 0.245 e. The van der Waals surface area contributed by atoms with Crippen LogP contribution in [0.4, 0.5) is 0 Å². The number of hydrogen-bond acceptors (Lipinski definition) is 7. The minimum atomic E-state index is -0.986. The van der Waals surface area contributed by atoms with Crippen LogP contribution in [0.15, 0.2) is 24.3 Å². The zero-order chi connectivity index (χ0) is 29.9. The van der Waals surface area contributed by atoms with E-state index in [9.17, 15) is 24.0 Å². The van der Waals surface area contributed by atoms with Crippen molar-refractivity contribution < 1.29 is 33.9 Å². The molecule has 2 fully saturated rings. The quantitative estimate of drug-likeness (QED) is 0.151. The van der Waals surface area contributed by atoms with Gasteiger partial charge in [-0.25, -0.2) is 5.48 Å². The van der Waals surface area contributed by atoms with E-state index in [-0.39, 0.29) is 31.1 Å². The van der Waals surface area contributed by atoms with Crippen LogP contribution < -0.4 is 26.2 Å². The molecule has 0 radical (unpaired) electrons. The van der Waals surface area contributed by atoms with Crippen molar-refractivity contribution in [3.05, 3.63) is 29.8 Å². The standard InChI is InChI=1S/C29H43N5O7/c1-18(2)16-23-29(39)34-15-7-9-24(34)28(38)30-21(8-5-4-6-10-25(35)33-40)26(36)31-22(27(37)32-23)17-19-11-13-20(41-3)14-12-19/h11-14,18,21-24,40H,4-10,15-17H2,1-3H3,(H,30,38)(H,31,36)(H,32,37)(H,33,35)/t21-,22+,23-,24-/m0/s1. The summed E-state index contributed by atoms with van der Waals surface area (Å²) in [6.07, 6.45) is 3.74. The maximum atomic E-state index is 13.7. The van der Waals surface area contributed by atoms with E-state index in [1.54, 1.807) is 24.7 Å². The molecule has 4 atom stereocenters. The van der Waals surface area contributed by atoms with Gasteiger partial charge in [0.15, 0.2) is 0 Å². The lowest BCUT2D eigenvalue weighted by atomic mass is 9.99. The van der Waals surface area contributed by atoms with Crippen LogP contribution in [0, 0.1) is 5.92 Å². The molecule has 5 N–H and O–H groups in total. The monoisotopic (exact) mass is 573 g/mol. The Kier molecular flexibility index (Phi) is 11.9. The lowest BCUT2D eigenvalue weighted by Crippen LogP contribution is -2.61. The summed E-state index contributed by atoms with van der Waals surface area (Å²) in [5.41, 5.74) is 2.38. The Morgan fingerprint density at radius 2 is 1.63 bits per heavy atom. The van der Waals surface area contributed by atoms with E-state index < -0.39 is 47.8 Å². The highest BCUT2D eigenvalue weighted by Crippen LogP contribution is 2.22. The fraction of sp³-hybridized carbons (Fsp3) is 0.621. The summed E-state index contributed by atoms with van der Waals surface area (Å²) in [4.78, 5) is 67.1. The van der Waals surface area contributed by atoms with E-state index in [1.165, 1.54) is 4.90 Å². The number of hydroxylamine groups is 1. The van der Waals surface area contributed by atoms with Crippen LogP contribution >= 0.6 is 0 Å². The van der Waals surface area contributed by atoms with Gasteiger partial charge in [-0.1, -0.05) is 38.8 Å². The van der Waals surface area contributed by atoms with Crippen molar-refractivity contribution in [2.75, 3.05) is 13.7 Å². The number of fused-ring (bicyclic) bond motifs is 1.